The van der Waals surface area contributed by atoms with Gasteiger partial charge in [0, 0.05) is 54.7 Å². The molecule has 1 atom stereocenters. The number of ether oxygens (including phenoxy) is 1. The number of aliphatic hydroxyl groups excluding tert-OH is 1. The van der Waals surface area contributed by atoms with E-state index in [4.69, 9.17) is 9.26 Å². The molecule has 10 heteroatoms. The molecule has 34 heavy (non-hydrogen) atoms. The Balaban J connectivity index is 1.16. The van der Waals surface area contributed by atoms with E-state index < -0.39 is 12.2 Å². The van der Waals surface area contributed by atoms with Crippen LogP contribution in [-0.2, 0) is 17.7 Å². The van der Waals surface area contributed by atoms with E-state index in [9.17, 15) is 19.1 Å². The minimum absolute atomic E-state index is 0.0813. The molecule has 1 aromatic carbocycles. The van der Waals surface area contributed by atoms with Crippen molar-refractivity contribution in [2.24, 2.45) is 0 Å². The zero-order valence-corrected chi connectivity index (χ0v) is 19.0. The summed E-state index contributed by atoms with van der Waals surface area (Å²) in [4.78, 5) is 31.5. The molecule has 1 N–H and O–H groups in total. The van der Waals surface area contributed by atoms with Crippen LogP contribution in [0.4, 0.5) is 9.18 Å². The van der Waals surface area contributed by atoms with E-state index in [1.807, 2.05) is 0 Å². The number of hydrogen-bond donors (Lipinski definition) is 1. The molecule has 0 saturated carbocycles. The first-order valence-electron chi connectivity index (χ1n) is 11.7. The third-order valence-electron chi connectivity index (χ3n) is 6.84. The molecule has 1 fully saturated rings. The van der Waals surface area contributed by atoms with Crippen LogP contribution >= 0.6 is 0 Å². The third kappa shape index (κ3) is 4.18. The van der Waals surface area contributed by atoms with E-state index in [2.05, 4.69) is 10.1 Å². The molecule has 1 amide bonds. The maximum absolute atomic E-state index is 13.4. The van der Waals surface area contributed by atoms with Gasteiger partial charge in [0.25, 0.3) is 5.56 Å². The zero-order valence-electron chi connectivity index (χ0n) is 19.0. The van der Waals surface area contributed by atoms with Crippen molar-refractivity contribution in [3.8, 4) is 0 Å². The molecule has 1 unspecified atom stereocenters. The lowest BCUT2D eigenvalue weighted by atomic mass is 9.92. The van der Waals surface area contributed by atoms with Gasteiger partial charge in [-0.3, -0.25) is 9.36 Å². The number of halogens is 1. The van der Waals surface area contributed by atoms with E-state index in [0.29, 0.717) is 61.6 Å². The Morgan fingerprint density at radius 2 is 2.06 bits per heavy atom. The molecular formula is C24H27FN4O5. The van der Waals surface area contributed by atoms with Crippen LogP contribution in [0.15, 0.2) is 27.5 Å². The largest absolute Gasteiger partial charge is 0.449 e. The fourth-order valence-electron chi connectivity index (χ4n) is 4.94. The second kappa shape index (κ2) is 9.17. The standard InChI is InChI=1S/C24H27FN4O5/c1-14-17(23(31)29-9-2-3-19(30)22(29)26-14)8-12-33-24(32)28-10-6-15(7-11-28)21-18-5-4-16(25)13-20(18)34-27-21/h4-5,13,15,19,30H,2-3,6-12H2,1H3. The van der Waals surface area contributed by atoms with Crippen molar-refractivity contribution in [1.82, 2.24) is 19.6 Å². The number of piperidine rings is 1. The van der Waals surface area contributed by atoms with Gasteiger partial charge in [-0.05, 0) is 44.7 Å². The van der Waals surface area contributed by atoms with Crippen molar-refractivity contribution in [2.75, 3.05) is 19.7 Å². The monoisotopic (exact) mass is 470 g/mol. The summed E-state index contributed by atoms with van der Waals surface area (Å²) in [5.74, 6) is 0.173. The summed E-state index contributed by atoms with van der Waals surface area (Å²) in [6.45, 7) is 3.39. The molecule has 0 aliphatic carbocycles. The van der Waals surface area contributed by atoms with Gasteiger partial charge in [0.05, 0.1) is 12.3 Å². The van der Waals surface area contributed by atoms with E-state index in [1.54, 1.807) is 17.9 Å². The second-order valence-corrected chi connectivity index (χ2v) is 8.98. The zero-order chi connectivity index (χ0) is 23.8. The van der Waals surface area contributed by atoms with Gasteiger partial charge in [0.15, 0.2) is 5.58 Å². The Labute approximate surface area is 195 Å². The lowest BCUT2D eigenvalue weighted by Crippen LogP contribution is -2.39. The van der Waals surface area contributed by atoms with Crippen LogP contribution in [-0.4, -0.2) is 50.5 Å². The van der Waals surface area contributed by atoms with Gasteiger partial charge in [-0.15, -0.1) is 0 Å². The number of likely N-dealkylation sites (tertiary alicyclic amines) is 1. The minimum atomic E-state index is -0.716. The van der Waals surface area contributed by atoms with Gasteiger partial charge in [0.1, 0.15) is 17.7 Å². The van der Waals surface area contributed by atoms with Crippen LogP contribution in [0, 0.1) is 12.7 Å². The molecule has 180 valence electrons. The van der Waals surface area contributed by atoms with Crippen LogP contribution in [0.1, 0.15) is 60.5 Å². The Morgan fingerprint density at radius 1 is 1.26 bits per heavy atom. The highest BCUT2D eigenvalue weighted by Gasteiger charge is 2.28. The third-order valence-corrected chi connectivity index (χ3v) is 6.84. The molecule has 3 aromatic rings. The van der Waals surface area contributed by atoms with Crippen LogP contribution in [0.2, 0.25) is 0 Å². The number of nitrogens with zero attached hydrogens (tertiary/aromatic N) is 4. The summed E-state index contributed by atoms with van der Waals surface area (Å²) >= 11 is 0. The second-order valence-electron chi connectivity index (χ2n) is 8.98. The Hall–Kier alpha value is -3.27. The summed E-state index contributed by atoms with van der Waals surface area (Å²) in [5.41, 5.74) is 2.13. The molecule has 0 bridgehead atoms. The van der Waals surface area contributed by atoms with Crippen LogP contribution in [0.5, 0.6) is 0 Å². The summed E-state index contributed by atoms with van der Waals surface area (Å²) in [6, 6.07) is 4.40. The molecule has 1 saturated heterocycles. The molecule has 2 aliphatic rings. The number of aromatic nitrogens is 3. The Kier molecular flexibility index (Phi) is 6.07. The summed E-state index contributed by atoms with van der Waals surface area (Å²) in [5, 5.41) is 15.1. The number of aryl methyl sites for hydroxylation is 1. The van der Waals surface area contributed by atoms with E-state index in [-0.39, 0.29) is 30.3 Å². The SMILES string of the molecule is Cc1nc2n(c(=O)c1CCOC(=O)N1CCC(c3noc4cc(F)ccc34)CC1)CCCC2O. The van der Waals surface area contributed by atoms with Gasteiger partial charge in [0.2, 0.25) is 0 Å². The Morgan fingerprint density at radius 3 is 2.85 bits per heavy atom. The van der Waals surface area contributed by atoms with Gasteiger partial charge >= 0.3 is 6.09 Å². The number of aliphatic hydroxyl groups is 1. The van der Waals surface area contributed by atoms with Crippen LogP contribution < -0.4 is 5.56 Å². The number of hydrogen-bond acceptors (Lipinski definition) is 7. The van der Waals surface area contributed by atoms with Crippen LogP contribution in [0.25, 0.3) is 11.0 Å². The first-order valence-corrected chi connectivity index (χ1v) is 11.7. The van der Waals surface area contributed by atoms with E-state index in [0.717, 1.165) is 17.5 Å². The van der Waals surface area contributed by atoms with Crippen molar-refractivity contribution in [2.45, 2.75) is 57.6 Å². The summed E-state index contributed by atoms with van der Waals surface area (Å²) < 4.78 is 25.7. The fourth-order valence-corrected chi connectivity index (χ4v) is 4.94. The highest BCUT2D eigenvalue weighted by atomic mass is 19.1. The molecule has 0 radical (unpaired) electrons. The lowest BCUT2D eigenvalue weighted by Gasteiger charge is -2.30. The number of carbonyl (C=O) groups is 1. The summed E-state index contributed by atoms with van der Waals surface area (Å²) in [6.07, 6.45) is 1.88. The fraction of sp³-hybridized carbons (Fsp3) is 0.500. The average Bonchev–Trinajstić information content (AvgIpc) is 3.25. The first-order chi connectivity index (χ1) is 16.4. The van der Waals surface area contributed by atoms with Crippen molar-refractivity contribution < 1.29 is 23.6 Å². The number of carbonyl (C=O) groups excluding carboxylic acids is 1. The minimum Gasteiger partial charge on any atom is -0.449 e. The van der Waals surface area contributed by atoms with E-state index >= 15 is 0 Å². The van der Waals surface area contributed by atoms with Gasteiger partial charge in [-0.2, -0.15) is 0 Å². The molecule has 9 nitrogen and oxygen atoms in total. The van der Waals surface area contributed by atoms with Crippen molar-refractivity contribution >= 4 is 17.1 Å². The average molecular weight is 471 g/mol. The van der Waals surface area contributed by atoms with Crippen molar-refractivity contribution in [3.63, 3.8) is 0 Å². The number of rotatable bonds is 4. The normalized spacial score (nSPS) is 18.8. The molecule has 4 heterocycles. The Bertz CT molecular complexity index is 1280. The molecule has 0 spiro atoms. The number of benzene rings is 1. The first kappa shape index (κ1) is 22.5. The van der Waals surface area contributed by atoms with Crippen molar-refractivity contribution in [3.05, 3.63) is 57.1 Å². The van der Waals surface area contributed by atoms with Crippen molar-refractivity contribution in [1.29, 1.82) is 0 Å². The van der Waals surface area contributed by atoms with E-state index in [1.165, 1.54) is 16.7 Å². The van der Waals surface area contributed by atoms with Gasteiger partial charge < -0.3 is 19.3 Å². The van der Waals surface area contributed by atoms with Gasteiger partial charge in [-0.1, -0.05) is 5.16 Å². The lowest BCUT2D eigenvalue weighted by molar-refractivity contribution is 0.0930. The molecule has 2 aliphatic heterocycles. The quantitative estimate of drug-likeness (QED) is 0.623. The molecule has 5 rings (SSSR count). The molecular weight excluding hydrogens is 443 g/mol. The summed E-state index contributed by atoms with van der Waals surface area (Å²) in [7, 11) is 0. The number of fused-ring (bicyclic) bond motifs is 2. The van der Waals surface area contributed by atoms with Gasteiger partial charge in [-0.25, -0.2) is 14.2 Å². The predicted molar refractivity (Wildman–Crippen MR) is 120 cm³/mol. The smallest absolute Gasteiger partial charge is 0.409 e. The highest BCUT2D eigenvalue weighted by Crippen LogP contribution is 2.33. The maximum Gasteiger partial charge on any atom is 0.409 e. The number of amides is 1. The highest BCUT2D eigenvalue weighted by molar-refractivity contribution is 5.80. The maximum atomic E-state index is 13.4. The topological polar surface area (TPSA) is 111 Å². The van der Waals surface area contributed by atoms with Crippen LogP contribution in [0.3, 0.4) is 0 Å². The predicted octanol–water partition coefficient (Wildman–Crippen LogP) is 3.22. The molecule has 2 aromatic heterocycles.